The van der Waals surface area contributed by atoms with Crippen LogP contribution >= 0.6 is 0 Å². The van der Waals surface area contributed by atoms with Crippen LogP contribution in [0.5, 0.6) is 0 Å². The molecule has 2 aromatic carbocycles. The van der Waals surface area contributed by atoms with E-state index in [4.69, 9.17) is 5.73 Å². The second-order valence-corrected chi connectivity index (χ2v) is 4.93. The van der Waals surface area contributed by atoms with Crippen LogP contribution < -0.4 is 10.6 Å². The fraction of sp³-hybridized carbons (Fsp3) is 0.188. The Kier molecular flexibility index (Phi) is 3.29. The molecule has 0 aliphatic carbocycles. The smallest absolute Gasteiger partial charge is 0.324 e. The van der Waals surface area contributed by atoms with Crippen LogP contribution in [0.3, 0.4) is 0 Å². The zero-order valence-electron chi connectivity index (χ0n) is 11.2. The van der Waals surface area contributed by atoms with E-state index in [9.17, 15) is 4.79 Å². The molecule has 0 radical (unpaired) electrons. The predicted molar refractivity (Wildman–Crippen MR) is 80.4 cm³/mol. The van der Waals surface area contributed by atoms with Gasteiger partial charge in [-0.2, -0.15) is 0 Å². The lowest BCUT2D eigenvalue weighted by atomic mass is 10.2. The minimum absolute atomic E-state index is 0.0543. The van der Waals surface area contributed by atoms with Gasteiger partial charge in [0.1, 0.15) is 0 Å². The fourth-order valence-corrected chi connectivity index (χ4v) is 2.43. The minimum atomic E-state index is 0.0543. The van der Waals surface area contributed by atoms with Crippen molar-refractivity contribution in [3.05, 3.63) is 60.2 Å². The largest absolute Gasteiger partial charge is 0.399 e. The molecule has 0 spiro atoms. The Morgan fingerprint density at radius 1 is 0.950 bits per heavy atom. The van der Waals surface area contributed by atoms with Crippen LogP contribution in [0.4, 0.5) is 16.2 Å². The minimum Gasteiger partial charge on any atom is -0.399 e. The maximum absolute atomic E-state index is 12.4. The Morgan fingerprint density at radius 3 is 2.35 bits per heavy atom. The molecule has 0 unspecified atom stereocenters. The van der Waals surface area contributed by atoms with Crippen molar-refractivity contribution in [2.75, 3.05) is 23.7 Å². The molecule has 1 saturated heterocycles. The zero-order chi connectivity index (χ0) is 13.9. The number of anilines is 2. The summed E-state index contributed by atoms with van der Waals surface area (Å²) >= 11 is 0. The number of hydrogen-bond acceptors (Lipinski definition) is 2. The molecule has 1 heterocycles. The van der Waals surface area contributed by atoms with Gasteiger partial charge in [-0.3, -0.25) is 4.90 Å². The maximum atomic E-state index is 12.4. The van der Waals surface area contributed by atoms with Crippen LogP contribution in [0.15, 0.2) is 54.6 Å². The van der Waals surface area contributed by atoms with Crippen molar-refractivity contribution in [2.24, 2.45) is 0 Å². The third-order valence-electron chi connectivity index (χ3n) is 3.52. The molecule has 0 saturated carbocycles. The van der Waals surface area contributed by atoms with Crippen molar-refractivity contribution in [2.45, 2.75) is 6.54 Å². The summed E-state index contributed by atoms with van der Waals surface area (Å²) in [5.74, 6) is 0. The molecular formula is C16H17N3O. The lowest BCUT2D eigenvalue weighted by Crippen LogP contribution is -2.31. The molecular weight excluding hydrogens is 250 g/mol. The molecule has 0 aromatic heterocycles. The lowest BCUT2D eigenvalue weighted by Gasteiger charge is -2.19. The van der Waals surface area contributed by atoms with Gasteiger partial charge in [-0.05, 0) is 29.8 Å². The molecule has 3 rings (SSSR count). The average Bonchev–Trinajstić information content (AvgIpc) is 2.83. The SMILES string of the molecule is Nc1ccc(N2CCN(Cc3ccccc3)C2=O)cc1. The molecule has 102 valence electrons. The molecule has 1 aliphatic rings. The molecule has 2 amide bonds. The van der Waals surface area contributed by atoms with Gasteiger partial charge in [-0.15, -0.1) is 0 Å². The second-order valence-electron chi connectivity index (χ2n) is 4.93. The van der Waals surface area contributed by atoms with Crippen molar-refractivity contribution in [3.63, 3.8) is 0 Å². The van der Waals surface area contributed by atoms with E-state index in [1.54, 1.807) is 4.90 Å². The summed E-state index contributed by atoms with van der Waals surface area (Å²) in [4.78, 5) is 16.1. The standard InChI is InChI=1S/C16H17N3O/c17-14-6-8-15(9-7-14)19-11-10-18(16(19)20)12-13-4-2-1-3-5-13/h1-9H,10-12,17H2. The zero-order valence-corrected chi connectivity index (χ0v) is 11.2. The number of urea groups is 1. The monoisotopic (exact) mass is 267 g/mol. The second kappa shape index (κ2) is 5.25. The van der Waals surface area contributed by atoms with Gasteiger partial charge in [0.15, 0.2) is 0 Å². The molecule has 2 aromatic rings. The fourth-order valence-electron chi connectivity index (χ4n) is 2.43. The van der Waals surface area contributed by atoms with Crippen molar-refractivity contribution in [1.82, 2.24) is 4.90 Å². The Bertz CT molecular complexity index is 595. The maximum Gasteiger partial charge on any atom is 0.324 e. The number of rotatable bonds is 3. The van der Waals surface area contributed by atoms with Crippen LogP contribution in [-0.2, 0) is 6.54 Å². The quantitative estimate of drug-likeness (QED) is 0.869. The van der Waals surface area contributed by atoms with Gasteiger partial charge in [0.05, 0.1) is 0 Å². The summed E-state index contributed by atoms with van der Waals surface area (Å²) in [5.41, 5.74) is 8.44. The summed E-state index contributed by atoms with van der Waals surface area (Å²) in [7, 11) is 0. The molecule has 2 N–H and O–H groups in total. The Hall–Kier alpha value is -2.49. The van der Waals surface area contributed by atoms with Gasteiger partial charge in [0.25, 0.3) is 0 Å². The molecule has 4 heteroatoms. The van der Waals surface area contributed by atoms with Crippen molar-refractivity contribution >= 4 is 17.4 Å². The highest BCUT2D eigenvalue weighted by Gasteiger charge is 2.29. The summed E-state index contributed by atoms with van der Waals surface area (Å²) in [6.07, 6.45) is 0. The molecule has 4 nitrogen and oxygen atoms in total. The lowest BCUT2D eigenvalue weighted by molar-refractivity contribution is 0.219. The summed E-state index contributed by atoms with van der Waals surface area (Å²) in [5, 5.41) is 0. The van der Waals surface area contributed by atoms with E-state index in [2.05, 4.69) is 0 Å². The normalized spacial score (nSPS) is 14.9. The highest BCUT2D eigenvalue weighted by atomic mass is 16.2. The number of hydrogen-bond donors (Lipinski definition) is 1. The first kappa shape index (κ1) is 12.5. The summed E-state index contributed by atoms with van der Waals surface area (Å²) in [6.45, 7) is 2.12. The number of nitrogens with zero attached hydrogens (tertiary/aromatic N) is 2. The number of nitrogen functional groups attached to an aromatic ring is 1. The first-order valence-corrected chi connectivity index (χ1v) is 6.70. The Morgan fingerprint density at radius 2 is 1.65 bits per heavy atom. The number of benzene rings is 2. The Balaban J connectivity index is 1.72. The van der Waals surface area contributed by atoms with Crippen LogP contribution in [0.25, 0.3) is 0 Å². The average molecular weight is 267 g/mol. The van der Waals surface area contributed by atoms with Gasteiger partial charge in [0, 0.05) is 31.0 Å². The van der Waals surface area contributed by atoms with Gasteiger partial charge >= 0.3 is 6.03 Å². The molecule has 0 bridgehead atoms. The number of nitrogens with two attached hydrogens (primary N) is 1. The van der Waals surface area contributed by atoms with E-state index < -0.39 is 0 Å². The highest BCUT2D eigenvalue weighted by molar-refractivity contribution is 5.94. The van der Waals surface area contributed by atoms with Crippen LogP contribution in [0.2, 0.25) is 0 Å². The van der Waals surface area contributed by atoms with E-state index in [1.165, 1.54) is 0 Å². The van der Waals surface area contributed by atoms with Crippen LogP contribution in [-0.4, -0.2) is 24.0 Å². The van der Waals surface area contributed by atoms with E-state index in [0.717, 1.165) is 24.3 Å². The van der Waals surface area contributed by atoms with Gasteiger partial charge in [-0.25, -0.2) is 4.79 Å². The topological polar surface area (TPSA) is 49.6 Å². The molecule has 0 atom stereocenters. The first-order chi connectivity index (χ1) is 9.74. The number of carbonyl (C=O) groups excluding carboxylic acids is 1. The highest BCUT2D eigenvalue weighted by Crippen LogP contribution is 2.22. The van der Waals surface area contributed by atoms with E-state index in [0.29, 0.717) is 12.2 Å². The van der Waals surface area contributed by atoms with E-state index >= 15 is 0 Å². The van der Waals surface area contributed by atoms with E-state index in [-0.39, 0.29) is 6.03 Å². The number of amides is 2. The van der Waals surface area contributed by atoms with Gasteiger partial charge in [0.2, 0.25) is 0 Å². The molecule has 1 aliphatic heterocycles. The van der Waals surface area contributed by atoms with Crippen molar-refractivity contribution in [3.8, 4) is 0 Å². The van der Waals surface area contributed by atoms with Gasteiger partial charge < -0.3 is 10.6 Å². The van der Waals surface area contributed by atoms with Crippen molar-refractivity contribution < 1.29 is 4.79 Å². The van der Waals surface area contributed by atoms with Crippen LogP contribution in [0, 0.1) is 0 Å². The van der Waals surface area contributed by atoms with E-state index in [1.807, 2.05) is 59.5 Å². The van der Waals surface area contributed by atoms with Gasteiger partial charge in [-0.1, -0.05) is 30.3 Å². The number of carbonyl (C=O) groups is 1. The predicted octanol–water partition coefficient (Wildman–Crippen LogP) is 2.71. The Labute approximate surface area is 118 Å². The molecule has 1 fully saturated rings. The summed E-state index contributed by atoms with van der Waals surface area (Å²) < 4.78 is 0. The van der Waals surface area contributed by atoms with Crippen molar-refractivity contribution in [1.29, 1.82) is 0 Å². The molecule has 20 heavy (non-hydrogen) atoms. The third-order valence-corrected chi connectivity index (χ3v) is 3.52. The third kappa shape index (κ3) is 2.45. The van der Waals surface area contributed by atoms with Crippen LogP contribution in [0.1, 0.15) is 5.56 Å². The first-order valence-electron chi connectivity index (χ1n) is 6.70. The summed E-state index contributed by atoms with van der Waals surface area (Å²) in [6, 6.07) is 17.5.